The summed E-state index contributed by atoms with van der Waals surface area (Å²) in [6, 6.07) is 3.38. The molecule has 4 bridgehead atoms. The van der Waals surface area contributed by atoms with E-state index in [-0.39, 0.29) is 11.3 Å². The summed E-state index contributed by atoms with van der Waals surface area (Å²) in [5.41, 5.74) is 0.761. The lowest BCUT2D eigenvalue weighted by molar-refractivity contribution is 0.00194. The monoisotopic (exact) mass is 319 g/mol. The van der Waals surface area contributed by atoms with Crippen LogP contribution in [0.15, 0.2) is 17.1 Å². The molecule has 0 saturated heterocycles. The van der Waals surface area contributed by atoms with Crippen LogP contribution in [-0.4, -0.2) is 24.0 Å². The van der Waals surface area contributed by atoms with Gasteiger partial charge in [-0.1, -0.05) is 11.6 Å². The third-order valence-corrected chi connectivity index (χ3v) is 5.99. The number of aromatic hydroxyl groups is 1. The van der Waals surface area contributed by atoms with Crippen LogP contribution >= 0.6 is 11.6 Å². The van der Waals surface area contributed by atoms with E-state index in [4.69, 9.17) is 21.3 Å². The molecule has 0 atom stereocenters. The summed E-state index contributed by atoms with van der Waals surface area (Å²) in [6.07, 6.45) is 9.69. The number of hydrogen-bond donors (Lipinski definition) is 1. The van der Waals surface area contributed by atoms with E-state index in [1.165, 1.54) is 45.6 Å². The highest BCUT2D eigenvalue weighted by atomic mass is 35.5. The smallest absolute Gasteiger partial charge is 0.166 e. The summed E-state index contributed by atoms with van der Waals surface area (Å²) in [7, 11) is 1.53. The predicted molar refractivity (Wildman–Crippen MR) is 88.2 cm³/mol. The Morgan fingerprint density at radius 2 is 1.77 bits per heavy atom. The molecule has 4 aliphatic rings. The highest BCUT2D eigenvalue weighted by Gasteiger charge is 2.50. The van der Waals surface area contributed by atoms with Crippen LogP contribution < -0.4 is 4.74 Å². The third-order valence-electron chi connectivity index (χ3n) is 5.77. The molecular formula is C18H22ClNO2. The molecule has 1 aromatic rings. The Morgan fingerprint density at radius 1 is 1.18 bits per heavy atom. The Kier molecular flexibility index (Phi) is 3.37. The normalized spacial score (nSPS) is 36.2. The van der Waals surface area contributed by atoms with Gasteiger partial charge in [-0.25, -0.2) is 0 Å². The molecule has 3 nitrogen and oxygen atoms in total. The first-order valence-electron chi connectivity index (χ1n) is 8.19. The fourth-order valence-electron chi connectivity index (χ4n) is 5.28. The lowest BCUT2D eigenvalue weighted by Crippen LogP contribution is -2.49. The van der Waals surface area contributed by atoms with Gasteiger partial charge >= 0.3 is 0 Å². The predicted octanol–water partition coefficient (Wildman–Crippen LogP) is 4.44. The Morgan fingerprint density at radius 3 is 2.32 bits per heavy atom. The lowest BCUT2D eigenvalue weighted by Gasteiger charge is -2.54. The van der Waals surface area contributed by atoms with Crippen molar-refractivity contribution in [2.75, 3.05) is 7.11 Å². The number of ether oxygens (including phenoxy) is 1. The summed E-state index contributed by atoms with van der Waals surface area (Å²) in [4.78, 5) is 4.96. The van der Waals surface area contributed by atoms with E-state index in [0.29, 0.717) is 16.3 Å². The zero-order chi connectivity index (χ0) is 15.3. The van der Waals surface area contributed by atoms with E-state index in [1.54, 1.807) is 12.1 Å². The molecule has 4 heteroatoms. The number of methoxy groups -OCH3 is 1. The lowest BCUT2D eigenvalue weighted by atomic mass is 9.53. The molecule has 0 aromatic heterocycles. The summed E-state index contributed by atoms with van der Waals surface area (Å²) in [5.74, 6) is 3.13. The second kappa shape index (κ2) is 5.16. The number of rotatable bonds is 3. The molecule has 4 fully saturated rings. The Balaban J connectivity index is 1.63. The number of phenolic OH excluding ortho intramolecular Hbond substituents is 1. The molecule has 1 aromatic carbocycles. The van der Waals surface area contributed by atoms with E-state index in [2.05, 4.69) is 0 Å². The van der Waals surface area contributed by atoms with Crippen LogP contribution in [0.3, 0.4) is 0 Å². The molecule has 4 aliphatic carbocycles. The molecule has 0 spiro atoms. The maximum absolute atomic E-state index is 10.3. The van der Waals surface area contributed by atoms with Crippen LogP contribution in [0.5, 0.6) is 11.5 Å². The number of benzene rings is 1. The zero-order valence-corrected chi connectivity index (χ0v) is 13.6. The van der Waals surface area contributed by atoms with Crippen LogP contribution in [0.25, 0.3) is 0 Å². The average Bonchev–Trinajstić information content (AvgIpc) is 2.46. The molecule has 0 amide bonds. The van der Waals surface area contributed by atoms with Gasteiger partial charge in [0.05, 0.1) is 12.6 Å². The Labute approximate surface area is 136 Å². The SMILES string of the molecule is COc1cc(Cl)cc(C=NC23CC4CC(CC(C4)C2)C3)c1O. The molecular weight excluding hydrogens is 298 g/mol. The largest absolute Gasteiger partial charge is 0.504 e. The number of aliphatic imine (C=N–C) groups is 1. The number of phenols is 1. The van der Waals surface area contributed by atoms with Crippen LogP contribution in [0.2, 0.25) is 5.02 Å². The number of halogens is 1. The quantitative estimate of drug-likeness (QED) is 0.837. The molecule has 22 heavy (non-hydrogen) atoms. The van der Waals surface area contributed by atoms with Crippen molar-refractivity contribution in [3.05, 3.63) is 22.7 Å². The fourth-order valence-corrected chi connectivity index (χ4v) is 5.49. The second-order valence-corrected chi connectivity index (χ2v) is 7.88. The minimum absolute atomic E-state index is 0.108. The topological polar surface area (TPSA) is 41.8 Å². The van der Waals surface area contributed by atoms with Gasteiger partial charge < -0.3 is 9.84 Å². The van der Waals surface area contributed by atoms with Gasteiger partial charge in [0.1, 0.15) is 0 Å². The van der Waals surface area contributed by atoms with E-state index in [0.717, 1.165) is 17.8 Å². The number of nitrogens with zero attached hydrogens (tertiary/aromatic N) is 1. The summed E-state index contributed by atoms with van der Waals surface area (Å²) >= 11 is 6.10. The highest BCUT2D eigenvalue weighted by molar-refractivity contribution is 6.31. The van der Waals surface area contributed by atoms with E-state index >= 15 is 0 Å². The Bertz CT molecular complexity index is 590. The van der Waals surface area contributed by atoms with Crippen LogP contribution in [-0.2, 0) is 0 Å². The van der Waals surface area contributed by atoms with Crippen molar-refractivity contribution in [2.45, 2.75) is 44.1 Å². The molecule has 0 aliphatic heterocycles. The molecule has 5 rings (SSSR count). The number of hydrogen-bond acceptors (Lipinski definition) is 3. The summed E-state index contributed by atoms with van der Waals surface area (Å²) < 4.78 is 5.17. The van der Waals surface area contributed by atoms with Gasteiger partial charge in [0.25, 0.3) is 0 Å². The third kappa shape index (κ3) is 2.40. The van der Waals surface area contributed by atoms with Crippen LogP contribution in [0.1, 0.15) is 44.1 Å². The maximum Gasteiger partial charge on any atom is 0.166 e. The van der Waals surface area contributed by atoms with E-state index in [1.807, 2.05) is 6.21 Å². The first-order chi connectivity index (χ1) is 10.6. The van der Waals surface area contributed by atoms with Crippen molar-refractivity contribution in [3.63, 3.8) is 0 Å². The van der Waals surface area contributed by atoms with Crippen molar-refractivity contribution >= 4 is 17.8 Å². The molecule has 0 unspecified atom stereocenters. The van der Waals surface area contributed by atoms with Gasteiger partial charge in [-0.3, -0.25) is 4.99 Å². The molecule has 0 heterocycles. The second-order valence-electron chi connectivity index (χ2n) is 7.45. The van der Waals surface area contributed by atoms with Crippen molar-refractivity contribution in [1.29, 1.82) is 0 Å². The van der Waals surface area contributed by atoms with E-state index in [9.17, 15) is 5.11 Å². The van der Waals surface area contributed by atoms with Crippen molar-refractivity contribution < 1.29 is 9.84 Å². The highest BCUT2D eigenvalue weighted by Crippen LogP contribution is 2.57. The van der Waals surface area contributed by atoms with Crippen molar-refractivity contribution in [2.24, 2.45) is 22.7 Å². The standard InChI is InChI=1S/C18H22ClNO2/c1-22-16-6-15(19)5-14(17(16)21)10-20-18-7-11-2-12(8-18)4-13(3-11)9-18/h5-6,10-13,21H,2-4,7-9H2,1H3. The summed E-state index contributed by atoms with van der Waals surface area (Å²) in [5, 5.41) is 10.8. The molecule has 4 saturated carbocycles. The van der Waals surface area contributed by atoms with Gasteiger partial charge in [-0.15, -0.1) is 0 Å². The first-order valence-corrected chi connectivity index (χ1v) is 8.56. The van der Waals surface area contributed by atoms with Gasteiger partial charge in [0, 0.05) is 22.9 Å². The van der Waals surface area contributed by atoms with E-state index < -0.39 is 0 Å². The van der Waals surface area contributed by atoms with Crippen LogP contribution in [0, 0.1) is 17.8 Å². The molecule has 0 radical (unpaired) electrons. The minimum Gasteiger partial charge on any atom is -0.504 e. The van der Waals surface area contributed by atoms with Gasteiger partial charge in [0.15, 0.2) is 11.5 Å². The van der Waals surface area contributed by atoms with Crippen LogP contribution in [0.4, 0.5) is 0 Å². The fraction of sp³-hybridized carbons (Fsp3) is 0.611. The van der Waals surface area contributed by atoms with Gasteiger partial charge in [-0.05, 0) is 62.3 Å². The van der Waals surface area contributed by atoms with Crippen molar-refractivity contribution in [1.82, 2.24) is 0 Å². The van der Waals surface area contributed by atoms with Gasteiger partial charge in [-0.2, -0.15) is 0 Å². The summed E-state index contributed by atoms with van der Waals surface area (Å²) in [6.45, 7) is 0. The first kappa shape index (κ1) is 14.4. The van der Waals surface area contributed by atoms with Crippen molar-refractivity contribution in [3.8, 4) is 11.5 Å². The average molecular weight is 320 g/mol. The van der Waals surface area contributed by atoms with Gasteiger partial charge in [0.2, 0.25) is 0 Å². The Hall–Kier alpha value is -1.22. The maximum atomic E-state index is 10.3. The molecule has 1 N–H and O–H groups in total. The zero-order valence-electron chi connectivity index (χ0n) is 12.9. The minimum atomic E-state index is 0.108. The molecule has 118 valence electrons.